The van der Waals surface area contributed by atoms with Crippen molar-refractivity contribution in [3.05, 3.63) is 39.1 Å². The van der Waals surface area contributed by atoms with Crippen molar-refractivity contribution >= 4 is 41.1 Å². The smallest absolute Gasteiger partial charge is 0.293 e. The minimum absolute atomic E-state index is 0.00909. The molecule has 3 N–H and O–H groups in total. The number of aromatic nitrogens is 5. The van der Waals surface area contributed by atoms with Crippen LogP contribution in [0.1, 0.15) is 21.7 Å². The summed E-state index contributed by atoms with van der Waals surface area (Å²) >= 11 is 12.1. The van der Waals surface area contributed by atoms with Crippen LogP contribution in [0.15, 0.2) is 21.9 Å². The van der Waals surface area contributed by atoms with Crippen LogP contribution in [0.2, 0.25) is 10.0 Å². The highest BCUT2D eigenvalue weighted by Crippen LogP contribution is 2.31. The molecule has 1 aromatic carbocycles. The minimum Gasteiger partial charge on any atom is -0.495 e. The fourth-order valence-corrected chi connectivity index (χ4v) is 3.12. The number of methoxy groups -OCH3 is 1. The fourth-order valence-electron chi connectivity index (χ4n) is 2.53. The third-order valence-corrected chi connectivity index (χ3v) is 4.25. The van der Waals surface area contributed by atoms with Gasteiger partial charge in [-0.25, -0.2) is 10.1 Å². The number of amides is 1. The lowest BCUT2D eigenvalue weighted by atomic mass is 10.2. The van der Waals surface area contributed by atoms with Gasteiger partial charge in [0.25, 0.3) is 5.91 Å². The van der Waals surface area contributed by atoms with Crippen molar-refractivity contribution in [3.8, 4) is 11.6 Å². The molecule has 12 nitrogen and oxygen atoms in total. The van der Waals surface area contributed by atoms with Gasteiger partial charge in [-0.05, 0) is 36.5 Å². The minimum atomic E-state index is -0.600. The largest absolute Gasteiger partial charge is 0.495 e. The summed E-state index contributed by atoms with van der Waals surface area (Å²) in [4.78, 5) is 14.5. The van der Waals surface area contributed by atoms with E-state index in [1.54, 1.807) is 6.07 Å². The Morgan fingerprint density at radius 3 is 2.80 bits per heavy atom. The van der Waals surface area contributed by atoms with Gasteiger partial charge in [0, 0.05) is 17.1 Å². The second kappa shape index (κ2) is 9.07. The summed E-state index contributed by atoms with van der Waals surface area (Å²) in [6.07, 6.45) is 1.35. The van der Waals surface area contributed by atoms with Crippen LogP contribution in [0.25, 0.3) is 5.82 Å². The summed E-state index contributed by atoms with van der Waals surface area (Å²) in [5.74, 6) is -0.0983. The van der Waals surface area contributed by atoms with E-state index in [9.17, 15) is 4.79 Å². The van der Waals surface area contributed by atoms with Gasteiger partial charge in [-0.1, -0.05) is 28.4 Å². The highest BCUT2D eigenvalue weighted by Gasteiger charge is 2.24. The van der Waals surface area contributed by atoms with Crippen LogP contribution in [0.5, 0.6) is 5.75 Å². The van der Waals surface area contributed by atoms with Gasteiger partial charge in [0.05, 0.1) is 24.0 Å². The predicted molar refractivity (Wildman–Crippen MR) is 109 cm³/mol. The van der Waals surface area contributed by atoms with Gasteiger partial charge in [0.15, 0.2) is 5.69 Å². The zero-order valence-corrected chi connectivity index (χ0v) is 17.6. The molecule has 0 unspecified atom stereocenters. The lowest BCUT2D eigenvalue weighted by Gasteiger charge is -2.11. The number of nitrogens with one attached hydrogen (secondary N) is 1. The molecule has 30 heavy (non-hydrogen) atoms. The fraction of sp³-hybridized carbons (Fsp3) is 0.250. The number of ether oxygens (including phenoxy) is 1. The van der Waals surface area contributed by atoms with Crippen molar-refractivity contribution in [1.82, 2.24) is 35.6 Å². The first-order valence-electron chi connectivity index (χ1n) is 8.36. The van der Waals surface area contributed by atoms with Crippen LogP contribution in [-0.4, -0.2) is 63.5 Å². The Kier molecular flexibility index (Phi) is 6.50. The molecule has 14 heteroatoms. The average molecular weight is 454 g/mol. The Morgan fingerprint density at radius 2 is 2.17 bits per heavy atom. The molecule has 0 aliphatic rings. The Morgan fingerprint density at radius 1 is 1.40 bits per heavy atom. The molecule has 0 saturated carbocycles. The number of carbonyl (C=O) groups excluding carboxylic acids is 1. The van der Waals surface area contributed by atoms with Crippen molar-refractivity contribution in [2.75, 3.05) is 26.9 Å². The molecular weight excluding hydrogens is 437 g/mol. The monoisotopic (exact) mass is 453 g/mol. The van der Waals surface area contributed by atoms with Crippen molar-refractivity contribution in [3.63, 3.8) is 0 Å². The SMILES string of the molecule is COc1c(Cl)cc(Cl)cc1C=NNC(=O)c1nnn(-c2nonc2N)c1CN(C)C. The Bertz CT molecular complexity index is 1090. The van der Waals surface area contributed by atoms with Gasteiger partial charge >= 0.3 is 0 Å². The number of hydrazone groups is 1. The van der Waals surface area contributed by atoms with Crippen molar-refractivity contribution < 1.29 is 14.2 Å². The number of halogens is 2. The number of rotatable bonds is 7. The second-order valence-electron chi connectivity index (χ2n) is 6.22. The topological polar surface area (TPSA) is 150 Å². The first-order chi connectivity index (χ1) is 14.3. The molecule has 0 fully saturated rings. The first-order valence-corrected chi connectivity index (χ1v) is 9.11. The van der Waals surface area contributed by atoms with Crippen LogP contribution >= 0.6 is 23.2 Å². The molecular formula is C16H17Cl2N9O3. The van der Waals surface area contributed by atoms with Crippen molar-refractivity contribution in [2.45, 2.75) is 6.54 Å². The normalized spacial score (nSPS) is 11.4. The number of benzene rings is 1. The standard InChI is InChI=1S/C16H17Cl2N9O3/c1-26(2)7-11-12(21-25-27(11)15-14(19)23-30-24-15)16(28)22-20-6-8-4-9(17)5-10(18)13(8)29-3/h4-6H,7H2,1-3H3,(H2,19,23)(H,22,28). The van der Waals surface area contributed by atoms with E-state index in [2.05, 4.69) is 35.8 Å². The molecule has 0 radical (unpaired) electrons. The molecule has 0 atom stereocenters. The maximum absolute atomic E-state index is 12.7. The molecule has 3 rings (SSSR count). The number of nitrogens with two attached hydrogens (primary N) is 1. The van der Waals surface area contributed by atoms with E-state index in [1.165, 1.54) is 24.1 Å². The zero-order chi connectivity index (χ0) is 21.8. The van der Waals surface area contributed by atoms with E-state index in [0.29, 0.717) is 33.6 Å². The number of carbonyl (C=O) groups is 1. The summed E-state index contributed by atoms with van der Waals surface area (Å²) in [5, 5.41) is 19.7. The van der Waals surface area contributed by atoms with Crippen LogP contribution in [-0.2, 0) is 6.54 Å². The number of anilines is 1. The summed E-state index contributed by atoms with van der Waals surface area (Å²) in [6.45, 7) is 0.309. The van der Waals surface area contributed by atoms with E-state index < -0.39 is 5.91 Å². The molecule has 158 valence electrons. The third-order valence-electron chi connectivity index (χ3n) is 3.75. The van der Waals surface area contributed by atoms with Crippen LogP contribution in [0.3, 0.4) is 0 Å². The summed E-state index contributed by atoms with van der Waals surface area (Å²) in [5.41, 5.74) is 9.04. The quantitative estimate of drug-likeness (QED) is 0.399. The van der Waals surface area contributed by atoms with Crippen molar-refractivity contribution in [1.29, 1.82) is 0 Å². The van der Waals surface area contributed by atoms with Crippen LogP contribution < -0.4 is 15.9 Å². The summed E-state index contributed by atoms with van der Waals surface area (Å²) < 4.78 is 11.1. The number of nitrogens with zero attached hydrogens (tertiary/aromatic N) is 7. The molecule has 2 heterocycles. The summed E-state index contributed by atoms with van der Waals surface area (Å²) in [6, 6.07) is 3.13. The van der Waals surface area contributed by atoms with E-state index >= 15 is 0 Å². The van der Waals surface area contributed by atoms with Gasteiger partial charge in [-0.2, -0.15) is 9.78 Å². The molecule has 0 spiro atoms. The first kappa shape index (κ1) is 21.5. The Balaban J connectivity index is 1.87. The lowest BCUT2D eigenvalue weighted by molar-refractivity contribution is 0.0948. The maximum atomic E-state index is 12.7. The molecule has 0 saturated heterocycles. The van der Waals surface area contributed by atoms with E-state index in [0.717, 1.165) is 0 Å². The Labute approximate surface area is 180 Å². The number of nitrogen functional groups attached to an aromatic ring is 1. The molecule has 0 aliphatic heterocycles. The van der Waals surface area contributed by atoms with Crippen molar-refractivity contribution in [2.24, 2.45) is 5.10 Å². The van der Waals surface area contributed by atoms with E-state index in [4.69, 9.17) is 33.7 Å². The highest BCUT2D eigenvalue weighted by molar-refractivity contribution is 6.36. The zero-order valence-electron chi connectivity index (χ0n) is 16.1. The van der Waals surface area contributed by atoms with Gasteiger partial charge in [0.1, 0.15) is 5.75 Å². The summed E-state index contributed by atoms with van der Waals surface area (Å²) in [7, 11) is 5.09. The van der Waals surface area contributed by atoms with Gasteiger partial charge < -0.3 is 15.4 Å². The highest BCUT2D eigenvalue weighted by atomic mass is 35.5. The average Bonchev–Trinajstić information content (AvgIpc) is 3.26. The molecule has 3 aromatic rings. The number of hydrogen-bond donors (Lipinski definition) is 2. The lowest BCUT2D eigenvalue weighted by Crippen LogP contribution is -2.23. The van der Waals surface area contributed by atoms with Gasteiger partial charge in [0.2, 0.25) is 11.6 Å². The second-order valence-corrected chi connectivity index (χ2v) is 7.06. The van der Waals surface area contributed by atoms with Crippen LogP contribution in [0, 0.1) is 0 Å². The van der Waals surface area contributed by atoms with Gasteiger partial charge in [-0.3, -0.25) is 4.79 Å². The Hall–Kier alpha value is -3.22. The predicted octanol–water partition coefficient (Wildman–Crippen LogP) is 1.37. The van der Waals surface area contributed by atoms with Crippen LogP contribution in [0.4, 0.5) is 5.82 Å². The molecule has 0 aliphatic carbocycles. The van der Waals surface area contributed by atoms with E-state index in [-0.39, 0.29) is 17.3 Å². The molecule has 0 bridgehead atoms. The third kappa shape index (κ3) is 4.50. The number of hydrogen-bond acceptors (Lipinski definition) is 10. The molecule has 1 amide bonds. The van der Waals surface area contributed by atoms with E-state index in [1.807, 2.05) is 19.0 Å². The van der Waals surface area contributed by atoms with Gasteiger partial charge in [-0.15, -0.1) is 5.10 Å². The molecule has 2 aromatic heterocycles. The maximum Gasteiger partial charge on any atom is 0.293 e.